The summed E-state index contributed by atoms with van der Waals surface area (Å²) in [4.78, 5) is 0. The van der Waals surface area contributed by atoms with Gasteiger partial charge in [0.2, 0.25) is 0 Å². The molecule has 0 amide bonds. The molecule has 0 aliphatic carbocycles. The first-order valence-electron chi connectivity index (χ1n) is 9.12. The fourth-order valence-corrected chi connectivity index (χ4v) is 3.80. The highest BCUT2D eigenvalue weighted by molar-refractivity contribution is 6.83. The van der Waals surface area contributed by atoms with E-state index in [4.69, 9.17) is 14.2 Å². The summed E-state index contributed by atoms with van der Waals surface area (Å²) in [5.41, 5.74) is 5.52. The molecule has 3 fully saturated rings. The van der Waals surface area contributed by atoms with Gasteiger partial charge < -0.3 is 14.2 Å². The van der Waals surface area contributed by atoms with Gasteiger partial charge in [-0.05, 0) is 42.0 Å². The molecule has 0 N–H and O–H groups in total. The normalized spacial score (nSPS) is 27.1. The van der Waals surface area contributed by atoms with Crippen LogP contribution in [-0.4, -0.2) is 27.9 Å². The lowest BCUT2D eigenvalue weighted by Gasteiger charge is -2.52. The summed E-state index contributed by atoms with van der Waals surface area (Å²) < 4.78 is 31.6. The number of benzene rings is 2. The molecule has 2 aromatic carbocycles. The summed E-state index contributed by atoms with van der Waals surface area (Å²) in [7, 11) is -1.41. The van der Waals surface area contributed by atoms with Gasteiger partial charge in [-0.2, -0.15) is 0 Å². The van der Waals surface area contributed by atoms with E-state index in [1.807, 2.05) is 30.3 Å². The predicted molar refractivity (Wildman–Crippen MR) is 104 cm³/mol. The van der Waals surface area contributed by atoms with Gasteiger partial charge in [-0.25, -0.2) is 4.39 Å². The smallest absolute Gasteiger partial charge is 0.312 e. The molecular weight excluding hydrogens is 359 g/mol. The van der Waals surface area contributed by atoms with Crippen molar-refractivity contribution in [3.8, 4) is 11.5 Å². The van der Waals surface area contributed by atoms with Gasteiger partial charge >= 0.3 is 5.97 Å². The summed E-state index contributed by atoms with van der Waals surface area (Å²) in [5.74, 6) is 1.80. The van der Waals surface area contributed by atoms with Crippen LogP contribution in [0, 0.1) is 17.3 Å². The molecule has 3 aliphatic rings. The van der Waals surface area contributed by atoms with E-state index in [-0.39, 0.29) is 5.82 Å². The number of fused-ring (bicyclic) bond motifs is 3. The Balaban J connectivity index is 1.53. The third kappa shape index (κ3) is 3.58. The molecule has 3 aliphatic heterocycles. The van der Waals surface area contributed by atoms with E-state index in [1.54, 1.807) is 6.07 Å². The maximum Gasteiger partial charge on any atom is 0.312 e. The fraction of sp³-hybridized carbons (Fsp3) is 0.364. The average Bonchev–Trinajstić information content (AvgIpc) is 2.68. The second kappa shape index (κ2) is 6.57. The zero-order valence-electron chi connectivity index (χ0n) is 15.8. The number of halogens is 1. The summed E-state index contributed by atoms with van der Waals surface area (Å²) in [5, 5.41) is 0. The molecule has 0 radical (unpaired) electrons. The maximum absolute atomic E-state index is 13.6. The van der Waals surface area contributed by atoms with Crippen molar-refractivity contribution in [2.75, 3.05) is 19.8 Å². The van der Waals surface area contributed by atoms with Gasteiger partial charge in [-0.15, -0.1) is 5.54 Å². The van der Waals surface area contributed by atoms with Crippen LogP contribution in [0.4, 0.5) is 4.39 Å². The molecule has 3 saturated heterocycles. The van der Waals surface area contributed by atoms with E-state index in [1.165, 1.54) is 12.1 Å². The topological polar surface area (TPSA) is 27.7 Å². The Morgan fingerprint density at radius 2 is 1.52 bits per heavy atom. The minimum atomic E-state index is -1.41. The van der Waals surface area contributed by atoms with Crippen molar-refractivity contribution in [2.45, 2.75) is 31.0 Å². The molecule has 5 rings (SSSR count). The van der Waals surface area contributed by atoms with Crippen molar-refractivity contribution >= 4 is 8.07 Å². The van der Waals surface area contributed by atoms with E-state index in [0.29, 0.717) is 19.8 Å². The van der Waals surface area contributed by atoms with Crippen LogP contribution < -0.4 is 0 Å². The number of hydrogen-bond donors (Lipinski definition) is 0. The summed E-state index contributed by atoms with van der Waals surface area (Å²) >= 11 is 0. The Kier molecular flexibility index (Phi) is 4.48. The van der Waals surface area contributed by atoms with Crippen molar-refractivity contribution in [3.63, 3.8) is 0 Å². The monoisotopic (exact) mass is 382 g/mol. The molecule has 3 heterocycles. The third-order valence-corrected chi connectivity index (χ3v) is 5.75. The Labute approximate surface area is 160 Å². The van der Waals surface area contributed by atoms with E-state index in [2.05, 4.69) is 31.1 Å². The summed E-state index contributed by atoms with van der Waals surface area (Å²) in [6.45, 7) is 7.93. The molecule has 5 heteroatoms. The first kappa shape index (κ1) is 18.4. The van der Waals surface area contributed by atoms with Crippen molar-refractivity contribution in [1.82, 2.24) is 0 Å². The van der Waals surface area contributed by atoms with Crippen LogP contribution in [0.5, 0.6) is 0 Å². The lowest BCUT2D eigenvalue weighted by molar-refractivity contribution is -0.466. The molecule has 2 aromatic rings. The molecule has 0 saturated carbocycles. The van der Waals surface area contributed by atoms with Crippen molar-refractivity contribution < 1.29 is 18.6 Å². The van der Waals surface area contributed by atoms with Crippen LogP contribution in [0.1, 0.15) is 16.7 Å². The van der Waals surface area contributed by atoms with Crippen LogP contribution >= 0.6 is 0 Å². The molecular formula is C22H23FO3Si. The Morgan fingerprint density at radius 3 is 2.07 bits per heavy atom. The molecule has 27 heavy (non-hydrogen) atoms. The van der Waals surface area contributed by atoms with Gasteiger partial charge in [-0.1, -0.05) is 37.7 Å². The van der Waals surface area contributed by atoms with Crippen molar-refractivity contribution in [3.05, 3.63) is 71.0 Å². The predicted octanol–water partition coefficient (Wildman–Crippen LogP) is 4.18. The highest BCUT2D eigenvalue weighted by Crippen LogP contribution is 2.45. The fourth-order valence-electron chi connectivity index (χ4n) is 3.29. The average molecular weight is 383 g/mol. The van der Waals surface area contributed by atoms with Gasteiger partial charge in [0, 0.05) is 11.1 Å². The van der Waals surface area contributed by atoms with Gasteiger partial charge in [0.25, 0.3) is 0 Å². The molecule has 2 bridgehead atoms. The lowest BCUT2D eigenvalue weighted by Crippen LogP contribution is -2.60. The Hall–Kier alpha value is -1.97. The first-order chi connectivity index (χ1) is 12.8. The second-order valence-corrected chi connectivity index (χ2v) is 13.0. The van der Waals surface area contributed by atoms with Gasteiger partial charge in [-0.3, -0.25) is 0 Å². The zero-order chi connectivity index (χ0) is 19.1. The SMILES string of the molecule is C[Si](C)(C)C#Cc1ccc(C23OCC(c4cccc(F)c4)(CO2)CO3)cc1. The third-order valence-electron chi connectivity index (χ3n) is 4.87. The van der Waals surface area contributed by atoms with Gasteiger partial charge in [0.15, 0.2) is 0 Å². The molecule has 140 valence electrons. The van der Waals surface area contributed by atoms with E-state index >= 15 is 0 Å². The quantitative estimate of drug-likeness (QED) is 0.576. The number of hydrogen-bond acceptors (Lipinski definition) is 3. The van der Waals surface area contributed by atoms with Crippen molar-refractivity contribution in [1.29, 1.82) is 0 Å². The molecule has 0 aromatic heterocycles. The van der Waals surface area contributed by atoms with Crippen LogP contribution in [0.15, 0.2) is 48.5 Å². The molecule has 0 atom stereocenters. The molecule has 0 spiro atoms. The zero-order valence-corrected chi connectivity index (χ0v) is 16.8. The highest BCUT2D eigenvalue weighted by Gasteiger charge is 2.54. The van der Waals surface area contributed by atoms with Gasteiger partial charge in [0.1, 0.15) is 13.9 Å². The van der Waals surface area contributed by atoms with E-state index in [0.717, 1.165) is 16.7 Å². The number of ether oxygens (including phenoxy) is 3. The Morgan fingerprint density at radius 1 is 0.889 bits per heavy atom. The van der Waals surface area contributed by atoms with E-state index < -0.39 is 19.5 Å². The molecule has 3 nitrogen and oxygen atoms in total. The maximum atomic E-state index is 13.6. The summed E-state index contributed by atoms with van der Waals surface area (Å²) in [6, 6.07) is 14.4. The number of rotatable bonds is 2. The lowest BCUT2D eigenvalue weighted by atomic mass is 9.80. The minimum absolute atomic E-state index is 0.265. The second-order valence-electron chi connectivity index (χ2n) is 8.29. The first-order valence-corrected chi connectivity index (χ1v) is 12.6. The largest absolute Gasteiger partial charge is 0.322 e. The summed E-state index contributed by atoms with van der Waals surface area (Å²) in [6.07, 6.45) is 0. The van der Waals surface area contributed by atoms with Crippen LogP contribution in [0.25, 0.3) is 0 Å². The van der Waals surface area contributed by atoms with E-state index in [9.17, 15) is 4.39 Å². The Bertz CT molecular complexity index is 881. The standard InChI is InChI=1S/C22H23FO3Si/c1-27(2,3)12-11-17-7-9-18(10-8-17)22-24-14-21(15-25-22,16-26-22)19-5-4-6-20(23)13-19/h4-10,13H,14-16H2,1-3H3. The minimum Gasteiger partial charge on any atom is -0.322 e. The van der Waals surface area contributed by atoms with Crippen LogP contribution in [0.2, 0.25) is 19.6 Å². The van der Waals surface area contributed by atoms with Gasteiger partial charge in [0.05, 0.1) is 25.2 Å². The van der Waals surface area contributed by atoms with Crippen molar-refractivity contribution in [2.24, 2.45) is 0 Å². The molecule has 0 unspecified atom stereocenters. The van der Waals surface area contributed by atoms with Crippen LogP contribution in [-0.2, 0) is 25.6 Å². The van der Waals surface area contributed by atoms with Crippen LogP contribution in [0.3, 0.4) is 0 Å². The highest BCUT2D eigenvalue weighted by atomic mass is 28.3.